The Hall–Kier alpha value is -2.44. The van der Waals surface area contributed by atoms with Gasteiger partial charge in [-0.2, -0.15) is 0 Å². The van der Waals surface area contributed by atoms with Crippen molar-refractivity contribution in [2.45, 2.75) is 25.6 Å². The molecule has 2 aromatic carbocycles. The van der Waals surface area contributed by atoms with E-state index in [9.17, 15) is 20.3 Å². The molecule has 0 amide bonds. The van der Waals surface area contributed by atoms with E-state index in [2.05, 4.69) is 0 Å². The number of hydrogen-bond donors (Lipinski definition) is 2. The second kappa shape index (κ2) is 7.63. The molecule has 0 aliphatic carbocycles. The number of benzene rings is 2. The van der Waals surface area contributed by atoms with Gasteiger partial charge in [0.05, 0.1) is 17.6 Å². The molecule has 1 aliphatic rings. The van der Waals surface area contributed by atoms with Gasteiger partial charge in [0.25, 0.3) is 5.69 Å². The van der Waals surface area contributed by atoms with Crippen LogP contribution in [0, 0.1) is 16.0 Å². The quantitative estimate of drug-likeness (QED) is 0.644. The number of hydrogen-bond acceptors (Lipinski definition) is 5. The van der Waals surface area contributed by atoms with Crippen LogP contribution in [-0.2, 0) is 6.61 Å². The molecule has 6 nitrogen and oxygen atoms in total. The van der Waals surface area contributed by atoms with Crippen molar-refractivity contribution < 1.29 is 15.1 Å². The molecular weight excluding hydrogens is 320 g/mol. The van der Waals surface area contributed by atoms with Crippen LogP contribution < -0.4 is 4.90 Å². The third-order valence-corrected chi connectivity index (χ3v) is 4.89. The molecule has 3 rings (SSSR count). The Bertz CT molecular complexity index is 727. The van der Waals surface area contributed by atoms with Gasteiger partial charge in [0.1, 0.15) is 5.69 Å². The summed E-state index contributed by atoms with van der Waals surface area (Å²) in [5.74, 6) is 0.138. The van der Waals surface area contributed by atoms with Crippen LogP contribution in [0.3, 0.4) is 0 Å². The number of nitrogens with zero attached hydrogens (tertiary/aromatic N) is 2. The van der Waals surface area contributed by atoms with Gasteiger partial charge in [0.2, 0.25) is 0 Å². The first-order valence-electron chi connectivity index (χ1n) is 8.46. The molecule has 0 aromatic heterocycles. The summed E-state index contributed by atoms with van der Waals surface area (Å²) in [6.07, 6.45) is 1.01. The summed E-state index contributed by atoms with van der Waals surface area (Å²) < 4.78 is 0. The summed E-state index contributed by atoms with van der Waals surface area (Å²) in [4.78, 5) is 12.9. The molecular formula is C19H22N2O4. The van der Waals surface area contributed by atoms with Crippen LogP contribution in [0.4, 0.5) is 11.4 Å². The van der Waals surface area contributed by atoms with Crippen molar-refractivity contribution in [1.29, 1.82) is 0 Å². The lowest BCUT2D eigenvalue weighted by Crippen LogP contribution is -2.36. The van der Waals surface area contributed by atoms with Gasteiger partial charge in [0, 0.05) is 19.2 Å². The largest absolute Gasteiger partial charge is 0.392 e. The summed E-state index contributed by atoms with van der Waals surface area (Å²) in [6, 6.07) is 14.3. The fraction of sp³-hybridized carbons (Fsp3) is 0.368. The predicted octanol–water partition coefficient (Wildman–Crippen LogP) is 3.04. The van der Waals surface area contributed by atoms with Gasteiger partial charge >= 0.3 is 0 Å². The van der Waals surface area contributed by atoms with Crippen LogP contribution in [0.1, 0.15) is 30.1 Å². The molecule has 0 unspecified atom stereocenters. The van der Waals surface area contributed by atoms with Gasteiger partial charge in [-0.1, -0.05) is 30.3 Å². The highest BCUT2D eigenvalue weighted by Gasteiger charge is 2.29. The highest BCUT2D eigenvalue weighted by molar-refractivity contribution is 5.64. The van der Waals surface area contributed by atoms with Crippen LogP contribution in [0.5, 0.6) is 0 Å². The van der Waals surface area contributed by atoms with Crippen molar-refractivity contribution in [1.82, 2.24) is 0 Å². The maximum Gasteiger partial charge on any atom is 0.292 e. The van der Waals surface area contributed by atoms with E-state index >= 15 is 0 Å². The minimum atomic E-state index is -0.512. The number of rotatable bonds is 5. The van der Waals surface area contributed by atoms with E-state index in [-0.39, 0.29) is 23.1 Å². The number of anilines is 1. The first-order valence-corrected chi connectivity index (χ1v) is 8.46. The fourth-order valence-corrected chi connectivity index (χ4v) is 3.45. The smallest absolute Gasteiger partial charge is 0.292 e. The second-order valence-corrected chi connectivity index (χ2v) is 6.42. The van der Waals surface area contributed by atoms with Crippen molar-refractivity contribution in [3.63, 3.8) is 0 Å². The van der Waals surface area contributed by atoms with Crippen molar-refractivity contribution in [2.75, 3.05) is 18.0 Å². The second-order valence-electron chi connectivity index (χ2n) is 6.42. The first-order chi connectivity index (χ1) is 12.1. The molecule has 0 bridgehead atoms. The molecule has 1 atom stereocenters. The minimum absolute atomic E-state index is 0.0549. The zero-order chi connectivity index (χ0) is 17.8. The van der Waals surface area contributed by atoms with E-state index in [1.807, 2.05) is 35.2 Å². The van der Waals surface area contributed by atoms with Gasteiger partial charge in [-0.3, -0.25) is 10.1 Å². The fourth-order valence-electron chi connectivity index (χ4n) is 3.45. The molecule has 1 aliphatic heterocycles. The van der Waals surface area contributed by atoms with Crippen molar-refractivity contribution >= 4 is 11.4 Å². The van der Waals surface area contributed by atoms with Crippen LogP contribution in [0.2, 0.25) is 0 Å². The SMILES string of the molecule is O=[N+]([O-])c1ccc(CO)cc1N1CCC([C@@H](O)c2ccccc2)CC1. The molecule has 132 valence electrons. The van der Waals surface area contributed by atoms with E-state index in [1.165, 1.54) is 6.07 Å². The molecule has 0 spiro atoms. The minimum Gasteiger partial charge on any atom is -0.392 e. The highest BCUT2D eigenvalue weighted by Crippen LogP contribution is 2.36. The van der Waals surface area contributed by atoms with E-state index in [0.717, 1.165) is 18.4 Å². The maximum atomic E-state index is 11.3. The number of nitro groups is 1. The standard InChI is InChI=1S/C19H22N2O4/c22-13-14-6-7-17(21(24)25)18(12-14)20-10-8-16(9-11-20)19(23)15-4-2-1-3-5-15/h1-7,12,16,19,22-23H,8-11,13H2/t19-/m0/s1. The van der Waals surface area contributed by atoms with Gasteiger partial charge in [-0.25, -0.2) is 0 Å². The molecule has 25 heavy (non-hydrogen) atoms. The first kappa shape index (κ1) is 17.4. The summed E-state index contributed by atoms with van der Waals surface area (Å²) in [6.45, 7) is 1.14. The molecule has 0 saturated carbocycles. The molecule has 6 heteroatoms. The van der Waals surface area contributed by atoms with Gasteiger partial charge in [0.15, 0.2) is 0 Å². The van der Waals surface area contributed by atoms with Crippen LogP contribution in [0.25, 0.3) is 0 Å². The average molecular weight is 342 g/mol. The van der Waals surface area contributed by atoms with Gasteiger partial charge < -0.3 is 15.1 Å². The van der Waals surface area contributed by atoms with Gasteiger partial charge in [-0.05, 0) is 42.0 Å². The number of nitro benzene ring substituents is 1. The Kier molecular flexibility index (Phi) is 5.31. The molecule has 1 heterocycles. The van der Waals surface area contributed by atoms with E-state index in [1.54, 1.807) is 12.1 Å². The molecule has 1 fully saturated rings. The molecule has 1 saturated heterocycles. The van der Waals surface area contributed by atoms with Crippen LogP contribution in [-0.4, -0.2) is 28.2 Å². The Morgan fingerprint density at radius 1 is 1.16 bits per heavy atom. The Morgan fingerprint density at radius 3 is 2.44 bits per heavy atom. The van der Waals surface area contributed by atoms with Crippen molar-refractivity contribution in [2.24, 2.45) is 5.92 Å². The molecule has 2 aromatic rings. The lowest BCUT2D eigenvalue weighted by atomic mass is 9.87. The third kappa shape index (κ3) is 3.81. The average Bonchev–Trinajstić information content (AvgIpc) is 2.67. The summed E-state index contributed by atoms with van der Waals surface area (Å²) in [5.41, 5.74) is 2.17. The van der Waals surface area contributed by atoms with E-state index in [0.29, 0.717) is 24.3 Å². The Balaban J connectivity index is 1.73. The summed E-state index contributed by atoms with van der Waals surface area (Å²) in [5, 5.41) is 31.2. The lowest BCUT2D eigenvalue weighted by Gasteiger charge is -2.35. The number of aliphatic hydroxyl groups is 2. The normalized spacial score (nSPS) is 16.6. The zero-order valence-electron chi connectivity index (χ0n) is 13.9. The molecule has 0 radical (unpaired) electrons. The predicted molar refractivity (Wildman–Crippen MR) is 95.4 cm³/mol. The third-order valence-electron chi connectivity index (χ3n) is 4.89. The summed E-state index contributed by atoms with van der Waals surface area (Å²) >= 11 is 0. The van der Waals surface area contributed by atoms with Crippen molar-refractivity contribution in [3.05, 3.63) is 69.8 Å². The number of aliphatic hydroxyl groups excluding tert-OH is 2. The maximum absolute atomic E-state index is 11.3. The highest BCUT2D eigenvalue weighted by atomic mass is 16.6. The van der Waals surface area contributed by atoms with Crippen LogP contribution >= 0.6 is 0 Å². The van der Waals surface area contributed by atoms with E-state index < -0.39 is 6.10 Å². The zero-order valence-corrected chi connectivity index (χ0v) is 13.9. The van der Waals surface area contributed by atoms with Gasteiger partial charge in [-0.15, -0.1) is 0 Å². The number of piperidine rings is 1. The Morgan fingerprint density at radius 2 is 1.84 bits per heavy atom. The van der Waals surface area contributed by atoms with Crippen molar-refractivity contribution in [3.8, 4) is 0 Å². The molecule has 2 N–H and O–H groups in total. The monoisotopic (exact) mass is 342 g/mol. The van der Waals surface area contributed by atoms with E-state index in [4.69, 9.17) is 0 Å². The lowest BCUT2D eigenvalue weighted by molar-refractivity contribution is -0.384. The van der Waals surface area contributed by atoms with Crippen LogP contribution in [0.15, 0.2) is 48.5 Å². The summed E-state index contributed by atoms with van der Waals surface area (Å²) in [7, 11) is 0. The topological polar surface area (TPSA) is 86.8 Å². The Labute approximate surface area is 146 Å².